The third kappa shape index (κ3) is 1.46. The van der Waals surface area contributed by atoms with Gasteiger partial charge < -0.3 is 0 Å². The maximum absolute atomic E-state index is 11.2. The molecule has 0 bridgehead atoms. The van der Waals surface area contributed by atoms with E-state index in [2.05, 4.69) is 4.99 Å². The minimum absolute atomic E-state index is 0.0517. The third-order valence-corrected chi connectivity index (χ3v) is 2.22. The van der Waals surface area contributed by atoms with Crippen LogP contribution in [0.2, 0.25) is 0 Å². The molecule has 4 heteroatoms. The van der Waals surface area contributed by atoms with E-state index in [1.54, 1.807) is 18.2 Å². The van der Waals surface area contributed by atoms with Crippen LogP contribution in [0, 0.1) is 0 Å². The van der Waals surface area contributed by atoms with Gasteiger partial charge in [0, 0.05) is 16.9 Å². The molecule has 0 radical (unpaired) electrons. The van der Waals surface area contributed by atoms with Crippen molar-refractivity contribution in [1.82, 2.24) is 0 Å². The predicted octanol–water partition coefficient (Wildman–Crippen LogP) is 0.0484. The fourth-order valence-electron chi connectivity index (χ4n) is 1.31. The van der Waals surface area contributed by atoms with Gasteiger partial charge in [-0.3, -0.25) is 9.59 Å². The van der Waals surface area contributed by atoms with E-state index in [0.717, 1.165) is 0 Å². The number of hydrogen-bond acceptors (Lipinski definition) is 2. The van der Waals surface area contributed by atoms with Crippen molar-refractivity contribution in [2.45, 2.75) is 0 Å². The number of carbonyl (C=O) groups is 2. The van der Waals surface area contributed by atoms with Gasteiger partial charge in [-0.1, -0.05) is 0 Å². The summed E-state index contributed by atoms with van der Waals surface area (Å²) in [4.78, 5) is 25.9. The van der Waals surface area contributed by atoms with E-state index in [4.69, 9.17) is 11.6 Å². The normalized spacial score (nSPS) is 13.1. The van der Waals surface area contributed by atoms with Crippen LogP contribution < -0.4 is 10.6 Å². The fraction of sp³-hybridized carbons (Fsp3) is 0.100. The smallest absolute Gasteiger partial charge is 0.270 e. The van der Waals surface area contributed by atoms with Gasteiger partial charge in [-0.25, -0.2) is 4.99 Å². The van der Waals surface area contributed by atoms with E-state index in [9.17, 15) is 9.59 Å². The number of halogens is 1. The molecule has 70 valence electrons. The van der Waals surface area contributed by atoms with Gasteiger partial charge in [0.15, 0.2) is 5.78 Å². The van der Waals surface area contributed by atoms with Crippen LogP contribution in [0.25, 0.3) is 6.08 Å². The van der Waals surface area contributed by atoms with E-state index in [0.29, 0.717) is 16.1 Å². The summed E-state index contributed by atoms with van der Waals surface area (Å²) in [5.74, 6) is -0.484. The monoisotopic (exact) mass is 207 g/mol. The van der Waals surface area contributed by atoms with Gasteiger partial charge in [0.1, 0.15) is 0 Å². The Balaban J connectivity index is 2.60. The Labute approximate surface area is 84.7 Å². The number of carbonyl (C=O) groups excluding carboxylic acids is 2. The average molecular weight is 208 g/mol. The number of nitrogens with zero attached hydrogens (tertiary/aromatic N) is 1. The molecule has 0 N–H and O–H groups in total. The summed E-state index contributed by atoms with van der Waals surface area (Å²) in [7, 11) is 0. The van der Waals surface area contributed by atoms with Crippen LogP contribution in [0.1, 0.15) is 10.4 Å². The van der Waals surface area contributed by atoms with Gasteiger partial charge in [-0.05, 0) is 18.2 Å². The number of hydrogen-bond donors (Lipinski definition) is 0. The van der Waals surface area contributed by atoms with Crippen LogP contribution in [0.15, 0.2) is 23.2 Å². The molecule has 3 nitrogen and oxygen atoms in total. The lowest BCUT2D eigenvalue weighted by Crippen LogP contribution is -2.22. The summed E-state index contributed by atoms with van der Waals surface area (Å²) in [6.07, 6.45) is 1.40. The van der Waals surface area contributed by atoms with Crippen LogP contribution in [0.3, 0.4) is 0 Å². The van der Waals surface area contributed by atoms with E-state index >= 15 is 0 Å². The SMILES string of the molecule is O=C1C=c2cc(C(=O)CCl)ccc2=N1. The van der Waals surface area contributed by atoms with Crippen molar-refractivity contribution in [3.8, 4) is 0 Å². The minimum atomic E-state index is -0.282. The van der Waals surface area contributed by atoms with Gasteiger partial charge in [0.05, 0.1) is 11.2 Å². The van der Waals surface area contributed by atoms with Crippen LogP contribution in [-0.2, 0) is 4.79 Å². The molecule has 14 heavy (non-hydrogen) atoms. The second kappa shape index (κ2) is 3.35. The Morgan fingerprint density at radius 1 is 1.43 bits per heavy atom. The summed E-state index contributed by atoms with van der Waals surface area (Å²) in [6.45, 7) is 0. The molecule has 1 aromatic carbocycles. The molecular weight excluding hydrogens is 202 g/mol. The predicted molar refractivity (Wildman–Crippen MR) is 51.7 cm³/mol. The number of benzene rings is 1. The second-order valence-electron chi connectivity index (χ2n) is 2.92. The van der Waals surface area contributed by atoms with Crippen molar-refractivity contribution >= 4 is 29.4 Å². The number of Topliss-reactive ketones (excluding diaryl/α,β-unsaturated/α-hetero) is 1. The number of amides is 1. The van der Waals surface area contributed by atoms with E-state index in [1.165, 1.54) is 6.08 Å². The van der Waals surface area contributed by atoms with Gasteiger partial charge in [-0.15, -0.1) is 11.6 Å². The molecular formula is C10H6ClNO2. The number of ketones is 1. The molecule has 0 aliphatic carbocycles. The van der Waals surface area contributed by atoms with Gasteiger partial charge in [0.2, 0.25) is 0 Å². The molecule has 1 heterocycles. The highest BCUT2D eigenvalue weighted by atomic mass is 35.5. The van der Waals surface area contributed by atoms with Crippen molar-refractivity contribution in [2.24, 2.45) is 4.99 Å². The van der Waals surface area contributed by atoms with Gasteiger partial charge >= 0.3 is 0 Å². The van der Waals surface area contributed by atoms with Gasteiger partial charge in [0.25, 0.3) is 5.91 Å². The average Bonchev–Trinajstić information content (AvgIpc) is 2.55. The van der Waals surface area contributed by atoms with Crippen molar-refractivity contribution in [2.75, 3.05) is 5.88 Å². The van der Waals surface area contributed by atoms with Crippen LogP contribution in [-0.4, -0.2) is 17.6 Å². The van der Waals surface area contributed by atoms with Gasteiger partial charge in [-0.2, -0.15) is 0 Å². The zero-order valence-electron chi connectivity index (χ0n) is 7.16. The lowest BCUT2D eigenvalue weighted by atomic mass is 10.1. The first-order chi connectivity index (χ1) is 6.70. The van der Waals surface area contributed by atoms with Crippen molar-refractivity contribution in [1.29, 1.82) is 0 Å². The van der Waals surface area contributed by atoms with Crippen molar-refractivity contribution < 1.29 is 9.59 Å². The standard InChI is InChI=1S/C10H6ClNO2/c11-5-9(13)6-1-2-8-7(3-6)4-10(14)12-8/h1-4H,5H2. The lowest BCUT2D eigenvalue weighted by molar-refractivity contribution is -0.112. The van der Waals surface area contributed by atoms with Crippen molar-refractivity contribution in [3.05, 3.63) is 34.3 Å². The Bertz CT molecular complexity index is 534. The molecule has 0 aromatic heterocycles. The fourth-order valence-corrected chi connectivity index (χ4v) is 1.46. The Morgan fingerprint density at radius 3 is 2.93 bits per heavy atom. The summed E-state index contributed by atoms with van der Waals surface area (Å²) >= 11 is 5.42. The van der Waals surface area contributed by atoms with Crippen LogP contribution in [0.4, 0.5) is 0 Å². The van der Waals surface area contributed by atoms with Crippen LogP contribution >= 0.6 is 11.6 Å². The zero-order valence-corrected chi connectivity index (χ0v) is 7.91. The number of rotatable bonds is 2. The van der Waals surface area contributed by atoms with E-state index in [-0.39, 0.29) is 17.6 Å². The van der Waals surface area contributed by atoms with E-state index in [1.807, 2.05) is 0 Å². The highest BCUT2D eigenvalue weighted by molar-refractivity contribution is 6.30. The van der Waals surface area contributed by atoms with Crippen molar-refractivity contribution in [3.63, 3.8) is 0 Å². The summed E-state index contributed by atoms with van der Waals surface area (Å²) in [6, 6.07) is 4.91. The van der Waals surface area contributed by atoms with Crippen LogP contribution in [0.5, 0.6) is 0 Å². The second-order valence-corrected chi connectivity index (χ2v) is 3.19. The molecule has 0 saturated carbocycles. The highest BCUT2D eigenvalue weighted by Gasteiger charge is 2.07. The molecule has 0 unspecified atom stereocenters. The molecule has 0 spiro atoms. The molecule has 1 aliphatic heterocycles. The Hall–Kier alpha value is -1.48. The molecule has 0 fully saturated rings. The lowest BCUT2D eigenvalue weighted by Gasteiger charge is -1.94. The quantitative estimate of drug-likeness (QED) is 0.508. The first-order valence-corrected chi connectivity index (χ1v) is 4.58. The summed E-state index contributed by atoms with van der Waals surface area (Å²) in [5.41, 5.74) is 0.514. The molecule has 1 aliphatic rings. The summed E-state index contributed by atoms with van der Waals surface area (Å²) < 4.78 is 0. The molecule has 0 atom stereocenters. The Kier molecular flexibility index (Phi) is 2.17. The maximum Gasteiger partial charge on any atom is 0.270 e. The number of fused-ring (bicyclic) bond motifs is 1. The molecule has 1 amide bonds. The highest BCUT2D eigenvalue weighted by Crippen LogP contribution is 1.97. The molecule has 1 aromatic rings. The topological polar surface area (TPSA) is 46.5 Å². The first-order valence-electron chi connectivity index (χ1n) is 4.04. The summed E-state index contributed by atoms with van der Waals surface area (Å²) in [5, 5.41) is 1.30. The first kappa shape index (κ1) is 9.09. The molecule has 0 saturated heterocycles. The molecule has 2 rings (SSSR count). The van der Waals surface area contributed by atoms with E-state index < -0.39 is 0 Å². The Morgan fingerprint density at radius 2 is 2.21 bits per heavy atom. The number of alkyl halides is 1. The largest absolute Gasteiger partial charge is 0.293 e. The zero-order chi connectivity index (χ0) is 10.1. The minimum Gasteiger partial charge on any atom is -0.293 e. The maximum atomic E-state index is 11.2. The third-order valence-electron chi connectivity index (χ3n) is 1.98.